The zero-order valence-corrected chi connectivity index (χ0v) is 17.8. The molecule has 0 bridgehead atoms. The third-order valence-corrected chi connectivity index (χ3v) is 6.87. The Kier molecular flexibility index (Phi) is 4.87. The molecule has 2 aliphatic rings. The van der Waals surface area contributed by atoms with E-state index < -0.39 is 16.2 Å². The fraction of sp³-hybridized carbons (Fsp3) is 0.160. The Morgan fingerprint density at radius 1 is 0.935 bits per heavy atom. The first-order valence-corrected chi connectivity index (χ1v) is 11.6. The lowest BCUT2D eigenvalue weighted by atomic mass is 9.97. The summed E-state index contributed by atoms with van der Waals surface area (Å²) in [6.07, 6.45) is 3.94. The molecule has 0 fully saturated rings. The maximum Gasteiger partial charge on any atom is 0.354 e. The van der Waals surface area contributed by atoms with Crippen LogP contribution in [-0.4, -0.2) is 14.1 Å². The van der Waals surface area contributed by atoms with Gasteiger partial charge in [-0.2, -0.15) is 8.42 Å². The standard InChI is InChI=1S/C25H21NO4S/c1-17-11-14-20(15-12-17)31(27,28)30-26-24-23-21-10-6-5-7-18(21)13-16-22(23)29-25(24)19-8-3-2-4-9-19/h2-11,13-14,16,25H,12,15H2,1H3/b26-24-. The van der Waals surface area contributed by atoms with Crippen LogP contribution in [0.15, 0.2) is 94.5 Å². The van der Waals surface area contributed by atoms with Gasteiger partial charge < -0.3 is 4.74 Å². The number of nitrogens with zero attached hydrogens (tertiary/aromatic N) is 1. The summed E-state index contributed by atoms with van der Waals surface area (Å²) in [7, 11) is -3.98. The Morgan fingerprint density at radius 2 is 1.71 bits per heavy atom. The lowest BCUT2D eigenvalue weighted by Crippen LogP contribution is -2.15. The highest BCUT2D eigenvalue weighted by atomic mass is 32.2. The van der Waals surface area contributed by atoms with Crippen LogP contribution in [0.4, 0.5) is 0 Å². The van der Waals surface area contributed by atoms with Crippen molar-refractivity contribution in [1.29, 1.82) is 0 Å². The van der Waals surface area contributed by atoms with Gasteiger partial charge in [-0.3, -0.25) is 4.28 Å². The molecule has 0 radical (unpaired) electrons. The SMILES string of the molecule is CC1=CC=C(S(=O)(=O)O/N=C2/c3c(ccc4ccccc34)OC2c2ccccc2)CC1. The van der Waals surface area contributed by atoms with Crippen molar-refractivity contribution in [3.63, 3.8) is 0 Å². The number of hydrogen-bond acceptors (Lipinski definition) is 5. The summed E-state index contributed by atoms with van der Waals surface area (Å²) < 4.78 is 37.0. The summed E-state index contributed by atoms with van der Waals surface area (Å²) in [6.45, 7) is 1.98. The van der Waals surface area contributed by atoms with E-state index in [2.05, 4.69) is 5.16 Å². The second-order valence-electron chi connectivity index (χ2n) is 7.72. The zero-order valence-electron chi connectivity index (χ0n) is 17.0. The predicted molar refractivity (Wildman–Crippen MR) is 121 cm³/mol. The topological polar surface area (TPSA) is 65.0 Å². The van der Waals surface area contributed by atoms with Gasteiger partial charge in [-0.05, 0) is 48.2 Å². The van der Waals surface area contributed by atoms with Gasteiger partial charge >= 0.3 is 10.1 Å². The van der Waals surface area contributed by atoms with Gasteiger partial charge in [0, 0.05) is 0 Å². The minimum Gasteiger partial charge on any atom is -0.478 e. The highest BCUT2D eigenvalue weighted by Gasteiger charge is 2.35. The number of oxime groups is 1. The monoisotopic (exact) mass is 431 g/mol. The number of allylic oxidation sites excluding steroid dienone is 4. The Hall–Kier alpha value is -3.38. The van der Waals surface area contributed by atoms with E-state index in [1.807, 2.05) is 73.7 Å². The lowest BCUT2D eigenvalue weighted by Gasteiger charge is -2.13. The van der Waals surface area contributed by atoms with Crippen LogP contribution >= 0.6 is 0 Å². The quantitative estimate of drug-likeness (QED) is 0.501. The Bertz CT molecular complexity index is 1350. The molecule has 5 rings (SSSR count). The summed E-state index contributed by atoms with van der Waals surface area (Å²) in [5.74, 6) is 0.655. The molecular formula is C25H21NO4S. The average molecular weight is 432 g/mol. The number of hydrogen-bond donors (Lipinski definition) is 0. The van der Waals surface area contributed by atoms with Crippen LogP contribution in [0.25, 0.3) is 10.8 Å². The first kappa shape index (κ1) is 19.6. The van der Waals surface area contributed by atoms with Crippen LogP contribution in [0.3, 0.4) is 0 Å². The van der Waals surface area contributed by atoms with Crippen molar-refractivity contribution < 1.29 is 17.4 Å². The third kappa shape index (κ3) is 3.64. The Balaban J connectivity index is 1.61. The molecule has 31 heavy (non-hydrogen) atoms. The molecule has 3 aromatic rings. The zero-order chi connectivity index (χ0) is 21.4. The highest BCUT2D eigenvalue weighted by Crippen LogP contribution is 2.41. The summed E-state index contributed by atoms with van der Waals surface area (Å²) in [5, 5.41) is 6.14. The molecule has 0 saturated heterocycles. The van der Waals surface area contributed by atoms with E-state index in [-0.39, 0.29) is 4.91 Å². The molecule has 1 aliphatic carbocycles. The first-order valence-electron chi connectivity index (χ1n) is 10.1. The van der Waals surface area contributed by atoms with Crippen LogP contribution in [0.5, 0.6) is 5.75 Å². The van der Waals surface area contributed by atoms with Crippen LogP contribution in [0.2, 0.25) is 0 Å². The van der Waals surface area contributed by atoms with Crippen molar-refractivity contribution in [2.75, 3.05) is 0 Å². The van der Waals surface area contributed by atoms with E-state index in [0.717, 1.165) is 27.5 Å². The lowest BCUT2D eigenvalue weighted by molar-refractivity contribution is 0.280. The van der Waals surface area contributed by atoms with Gasteiger partial charge in [0.15, 0.2) is 6.10 Å². The first-order chi connectivity index (χ1) is 15.0. The van der Waals surface area contributed by atoms with Gasteiger partial charge in [0.1, 0.15) is 11.5 Å². The fourth-order valence-corrected chi connectivity index (χ4v) is 4.80. The molecule has 0 saturated carbocycles. The minimum absolute atomic E-state index is 0.232. The van der Waals surface area contributed by atoms with E-state index in [1.165, 1.54) is 0 Å². The molecule has 0 aromatic heterocycles. The second kappa shape index (κ2) is 7.71. The van der Waals surface area contributed by atoms with Crippen molar-refractivity contribution in [1.82, 2.24) is 0 Å². The molecule has 0 spiro atoms. The fourth-order valence-electron chi connectivity index (χ4n) is 3.94. The van der Waals surface area contributed by atoms with Crippen LogP contribution in [-0.2, 0) is 14.4 Å². The molecule has 6 heteroatoms. The van der Waals surface area contributed by atoms with Crippen LogP contribution in [0, 0.1) is 0 Å². The third-order valence-electron chi connectivity index (χ3n) is 5.62. The highest BCUT2D eigenvalue weighted by molar-refractivity contribution is 7.90. The van der Waals surface area contributed by atoms with E-state index in [0.29, 0.717) is 24.3 Å². The van der Waals surface area contributed by atoms with Crippen LogP contribution in [0.1, 0.15) is 37.0 Å². The summed E-state index contributed by atoms with van der Waals surface area (Å²) >= 11 is 0. The predicted octanol–water partition coefficient (Wildman–Crippen LogP) is 5.65. The maximum absolute atomic E-state index is 12.8. The van der Waals surface area contributed by atoms with E-state index >= 15 is 0 Å². The van der Waals surface area contributed by atoms with Gasteiger partial charge in [-0.1, -0.05) is 77.5 Å². The smallest absolute Gasteiger partial charge is 0.354 e. The molecular weight excluding hydrogens is 410 g/mol. The largest absolute Gasteiger partial charge is 0.478 e. The van der Waals surface area contributed by atoms with Gasteiger partial charge in [0.05, 0.1) is 10.5 Å². The average Bonchev–Trinajstić information content (AvgIpc) is 3.18. The molecule has 1 heterocycles. The van der Waals surface area contributed by atoms with Crippen molar-refractivity contribution in [3.8, 4) is 5.75 Å². The molecule has 1 atom stereocenters. The number of benzene rings is 3. The number of ether oxygens (including phenoxy) is 1. The molecule has 0 N–H and O–H groups in total. The van der Waals surface area contributed by atoms with Gasteiger partial charge in [0.2, 0.25) is 0 Å². The van der Waals surface area contributed by atoms with E-state index in [1.54, 1.807) is 12.2 Å². The van der Waals surface area contributed by atoms with E-state index in [4.69, 9.17) is 9.02 Å². The van der Waals surface area contributed by atoms with Gasteiger partial charge in [0.25, 0.3) is 0 Å². The maximum atomic E-state index is 12.8. The van der Waals surface area contributed by atoms with Crippen molar-refractivity contribution >= 4 is 26.6 Å². The summed E-state index contributed by atoms with van der Waals surface area (Å²) in [4.78, 5) is 0.232. The number of rotatable bonds is 4. The molecule has 1 unspecified atom stereocenters. The summed E-state index contributed by atoms with van der Waals surface area (Å²) in [5.41, 5.74) is 3.22. The number of fused-ring (bicyclic) bond motifs is 3. The summed E-state index contributed by atoms with van der Waals surface area (Å²) in [6, 6.07) is 21.4. The van der Waals surface area contributed by atoms with Gasteiger partial charge in [-0.15, -0.1) is 0 Å². The normalized spacial score (nSPS) is 19.5. The molecule has 3 aromatic carbocycles. The van der Waals surface area contributed by atoms with Crippen LogP contribution < -0.4 is 4.74 Å². The van der Waals surface area contributed by atoms with Crippen molar-refractivity contribution in [3.05, 3.63) is 100 Å². The minimum atomic E-state index is -3.98. The molecule has 1 aliphatic heterocycles. The van der Waals surface area contributed by atoms with E-state index in [9.17, 15) is 8.42 Å². The van der Waals surface area contributed by atoms with Crippen molar-refractivity contribution in [2.24, 2.45) is 5.16 Å². The molecule has 156 valence electrons. The molecule has 5 nitrogen and oxygen atoms in total. The molecule has 0 amide bonds. The van der Waals surface area contributed by atoms with Gasteiger partial charge in [-0.25, -0.2) is 0 Å². The second-order valence-corrected chi connectivity index (χ2v) is 9.30. The Labute approximate surface area is 181 Å². The Morgan fingerprint density at radius 3 is 2.48 bits per heavy atom. The van der Waals surface area contributed by atoms with Crippen molar-refractivity contribution in [2.45, 2.75) is 25.9 Å².